The lowest BCUT2D eigenvalue weighted by molar-refractivity contribution is -0.128. The summed E-state index contributed by atoms with van der Waals surface area (Å²) in [5.41, 5.74) is 1.02. The molecule has 1 amide bonds. The Bertz CT molecular complexity index is 473. The molecule has 3 nitrogen and oxygen atoms in total. The molecule has 1 aromatic carbocycles. The zero-order valence-electron chi connectivity index (χ0n) is 10.4. The molecule has 1 aliphatic rings. The van der Waals surface area contributed by atoms with Crippen molar-refractivity contribution >= 4 is 21.8 Å². The fourth-order valence-corrected chi connectivity index (χ4v) is 2.60. The molecule has 0 bridgehead atoms. The Morgan fingerprint density at radius 3 is 3.00 bits per heavy atom. The molecule has 1 heterocycles. The highest BCUT2D eigenvalue weighted by atomic mass is 79.9. The lowest BCUT2D eigenvalue weighted by Crippen LogP contribution is -2.24. The molecule has 1 aliphatic heterocycles. The smallest absolute Gasteiger partial charge is 0.223 e. The average Bonchev–Trinajstić information content (AvgIpc) is 2.71. The second-order valence-electron chi connectivity index (χ2n) is 4.43. The number of hydrogen-bond donors (Lipinski definition) is 0. The monoisotopic (exact) mass is 309 g/mol. The summed E-state index contributed by atoms with van der Waals surface area (Å²) < 4.78 is 6.31. The maximum absolute atomic E-state index is 11.9. The van der Waals surface area contributed by atoms with Gasteiger partial charge in [0.05, 0.1) is 7.11 Å². The summed E-state index contributed by atoms with van der Waals surface area (Å²) in [6.07, 6.45) is 2.43. The molecule has 18 heavy (non-hydrogen) atoms. The SMILES string of the molecule is C=CC1CC(=O)N(Cc2cc(Br)ccc2OC)C1. The molecule has 0 aromatic heterocycles. The van der Waals surface area contributed by atoms with E-state index in [9.17, 15) is 4.79 Å². The molecule has 1 saturated heterocycles. The molecule has 0 saturated carbocycles. The predicted octanol–water partition coefficient (Wildman–Crippen LogP) is 2.99. The highest BCUT2D eigenvalue weighted by Gasteiger charge is 2.28. The largest absolute Gasteiger partial charge is 0.496 e. The molecule has 0 N–H and O–H groups in total. The number of hydrogen-bond acceptors (Lipinski definition) is 2. The first-order valence-corrected chi connectivity index (χ1v) is 6.66. The van der Waals surface area contributed by atoms with Gasteiger partial charge >= 0.3 is 0 Å². The summed E-state index contributed by atoms with van der Waals surface area (Å²) in [6, 6.07) is 5.83. The molecular formula is C14H16BrNO2. The van der Waals surface area contributed by atoms with E-state index >= 15 is 0 Å². The van der Waals surface area contributed by atoms with Gasteiger partial charge in [-0.1, -0.05) is 22.0 Å². The van der Waals surface area contributed by atoms with Gasteiger partial charge in [0.2, 0.25) is 5.91 Å². The minimum Gasteiger partial charge on any atom is -0.496 e. The first kappa shape index (κ1) is 13.1. The van der Waals surface area contributed by atoms with Crippen LogP contribution in [0.4, 0.5) is 0 Å². The number of carbonyl (C=O) groups is 1. The molecule has 1 aromatic rings. The van der Waals surface area contributed by atoms with Crippen molar-refractivity contribution in [2.24, 2.45) is 5.92 Å². The Morgan fingerprint density at radius 2 is 2.39 bits per heavy atom. The van der Waals surface area contributed by atoms with E-state index in [2.05, 4.69) is 22.5 Å². The number of ether oxygens (including phenoxy) is 1. The van der Waals surface area contributed by atoms with Gasteiger partial charge in [-0.2, -0.15) is 0 Å². The van der Waals surface area contributed by atoms with Crippen LogP contribution < -0.4 is 4.74 Å². The van der Waals surface area contributed by atoms with Crippen molar-refractivity contribution in [3.8, 4) is 5.75 Å². The molecule has 0 radical (unpaired) electrons. The van der Waals surface area contributed by atoms with Crippen molar-refractivity contribution in [3.63, 3.8) is 0 Å². The number of rotatable bonds is 4. The van der Waals surface area contributed by atoms with Gasteiger partial charge < -0.3 is 9.64 Å². The standard InChI is InChI=1S/C14H16BrNO2/c1-3-10-6-14(17)16(8-10)9-11-7-12(15)4-5-13(11)18-2/h3-5,7,10H,1,6,8-9H2,2H3. The van der Waals surface area contributed by atoms with Gasteiger partial charge in [0, 0.05) is 35.5 Å². The van der Waals surface area contributed by atoms with Crippen LogP contribution in [0.2, 0.25) is 0 Å². The molecule has 4 heteroatoms. The zero-order chi connectivity index (χ0) is 13.1. The second kappa shape index (κ2) is 5.57. The summed E-state index contributed by atoms with van der Waals surface area (Å²) in [5.74, 6) is 1.27. The first-order valence-electron chi connectivity index (χ1n) is 5.86. The molecule has 1 fully saturated rings. The fraction of sp³-hybridized carbons (Fsp3) is 0.357. The van der Waals surface area contributed by atoms with Crippen molar-refractivity contribution in [2.75, 3.05) is 13.7 Å². The summed E-state index contributed by atoms with van der Waals surface area (Å²) >= 11 is 3.44. The van der Waals surface area contributed by atoms with E-state index in [1.165, 1.54) is 0 Å². The second-order valence-corrected chi connectivity index (χ2v) is 5.35. The van der Waals surface area contributed by atoms with Gasteiger partial charge in [0.15, 0.2) is 0 Å². The van der Waals surface area contributed by atoms with Gasteiger partial charge in [-0.05, 0) is 18.2 Å². The van der Waals surface area contributed by atoms with Crippen LogP contribution in [0.1, 0.15) is 12.0 Å². The van der Waals surface area contributed by atoms with E-state index in [0.717, 1.165) is 22.3 Å². The van der Waals surface area contributed by atoms with E-state index in [-0.39, 0.29) is 11.8 Å². The number of nitrogens with zero attached hydrogens (tertiary/aromatic N) is 1. The number of methoxy groups -OCH3 is 1. The summed E-state index contributed by atoms with van der Waals surface area (Å²) in [6.45, 7) is 5.09. The van der Waals surface area contributed by atoms with E-state index in [1.54, 1.807) is 7.11 Å². The van der Waals surface area contributed by atoms with Crippen LogP contribution in [-0.4, -0.2) is 24.5 Å². The number of benzene rings is 1. The van der Waals surface area contributed by atoms with Gasteiger partial charge in [0.25, 0.3) is 0 Å². The van der Waals surface area contributed by atoms with E-state index in [4.69, 9.17) is 4.74 Å². The van der Waals surface area contributed by atoms with E-state index in [1.807, 2.05) is 29.2 Å². The quantitative estimate of drug-likeness (QED) is 0.800. The number of likely N-dealkylation sites (tertiary alicyclic amines) is 1. The summed E-state index contributed by atoms with van der Waals surface area (Å²) in [7, 11) is 1.64. The van der Waals surface area contributed by atoms with Crippen LogP contribution >= 0.6 is 15.9 Å². The van der Waals surface area contributed by atoms with Gasteiger partial charge in [-0.25, -0.2) is 0 Å². The molecule has 0 aliphatic carbocycles. The van der Waals surface area contributed by atoms with Gasteiger partial charge in [-0.3, -0.25) is 4.79 Å². The highest BCUT2D eigenvalue weighted by Crippen LogP contribution is 2.27. The number of carbonyl (C=O) groups excluding carboxylic acids is 1. The molecule has 2 rings (SSSR count). The van der Waals surface area contributed by atoms with Crippen LogP contribution in [0, 0.1) is 5.92 Å². The highest BCUT2D eigenvalue weighted by molar-refractivity contribution is 9.10. The molecule has 1 atom stereocenters. The van der Waals surface area contributed by atoms with Crippen LogP contribution in [0.3, 0.4) is 0 Å². The van der Waals surface area contributed by atoms with E-state index < -0.39 is 0 Å². The van der Waals surface area contributed by atoms with Crippen molar-refractivity contribution < 1.29 is 9.53 Å². The average molecular weight is 310 g/mol. The lowest BCUT2D eigenvalue weighted by Gasteiger charge is -2.18. The third kappa shape index (κ3) is 2.75. The van der Waals surface area contributed by atoms with Crippen molar-refractivity contribution in [1.82, 2.24) is 4.90 Å². The third-order valence-corrected chi connectivity index (χ3v) is 3.67. The Balaban J connectivity index is 2.16. The maximum atomic E-state index is 11.9. The van der Waals surface area contributed by atoms with Crippen LogP contribution in [0.15, 0.2) is 35.3 Å². The Labute approximate surface area is 116 Å². The fourth-order valence-electron chi connectivity index (χ4n) is 2.19. The molecule has 1 unspecified atom stereocenters. The Kier molecular flexibility index (Phi) is 4.07. The van der Waals surface area contributed by atoms with Crippen molar-refractivity contribution in [1.29, 1.82) is 0 Å². The minimum absolute atomic E-state index is 0.182. The lowest BCUT2D eigenvalue weighted by atomic mass is 10.1. The predicted molar refractivity (Wildman–Crippen MR) is 74.4 cm³/mol. The summed E-state index contributed by atoms with van der Waals surface area (Å²) in [5, 5.41) is 0. The third-order valence-electron chi connectivity index (χ3n) is 3.18. The topological polar surface area (TPSA) is 29.5 Å². The van der Waals surface area contributed by atoms with Gasteiger partial charge in [0.1, 0.15) is 5.75 Å². The molecular weight excluding hydrogens is 294 g/mol. The van der Waals surface area contributed by atoms with Crippen LogP contribution in [0.25, 0.3) is 0 Å². The molecule has 0 spiro atoms. The first-order chi connectivity index (χ1) is 8.63. The van der Waals surface area contributed by atoms with Crippen LogP contribution in [-0.2, 0) is 11.3 Å². The Morgan fingerprint density at radius 1 is 1.61 bits per heavy atom. The van der Waals surface area contributed by atoms with Crippen molar-refractivity contribution in [3.05, 3.63) is 40.9 Å². The maximum Gasteiger partial charge on any atom is 0.223 e. The Hall–Kier alpha value is -1.29. The minimum atomic E-state index is 0.182. The van der Waals surface area contributed by atoms with Crippen molar-refractivity contribution in [2.45, 2.75) is 13.0 Å². The normalized spacial score (nSPS) is 19.1. The number of amides is 1. The van der Waals surface area contributed by atoms with Crippen LogP contribution in [0.5, 0.6) is 5.75 Å². The number of halogens is 1. The summed E-state index contributed by atoms with van der Waals surface area (Å²) in [4.78, 5) is 13.7. The van der Waals surface area contributed by atoms with Gasteiger partial charge in [-0.15, -0.1) is 6.58 Å². The zero-order valence-corrected chi connectivity index (χ0v) is 11.9. The van der Waals surface area contributed by atoms with E-state index in [0.29, 0.717) is 13.0 Å². The molecule has 96 valence electrons.